The van der Waals surface area contributed by atoms with Crippen LogP contribution in [0, 0.1) is 13.8 Å². The Balaban J connectivity index is 1.46. The van der Waals surface area contributed by atoms with Gasteiger partial charge in [-0.15, -0.1) is 0 Å². The zero-order valence-electron chi connectivity index (χ0n) is 16.0. The number of rotatable bonds is 5. The fourth-order valence-corrected chi connectivity index (χ4v) is 3.79. The Morgan fingerprint density at radius 2 is 2.00 bits per heavy atom. The van der Waals surface area contributed by atoms with Crippen LogP contribution in [0.1, 0.15) is 46.8 Å². The third-order valence-electron chi connectivity index (χ3n) is 5.15. The Morgan fingerprint density at radius 3 is 2.75 bits per heavy atom. The smallest absolute Gasteiger partial charge is 0.257 e. The molecule has 1 saturated heterocycles. The molecule has 3 aromatic rings. The standard InChI is InChI=1S/C20H22N6O2/c1-13-19(14(2)28-25-13)18-11-21-10-16(24-18)5-6-17-4-3-7-26(17)20(27)15-8-22-12-23-9-15/h8-12,17H,3-7H2,1-2H3/t17-/m1/s1. The monoisotopic (exact) mass is 378 g/mol. The van der Waals surface area contributed by atoms with Crippen LogP contribution in [0.5, 0.6) is 0 Å². The fourth-order valence-electron chi connectivity index (χ4n) is 3.79. The fraction of sp³-hybridized carbons (Fsp3) is 0.400. The van der Waals surface area contributed by atoms with Gasteiger partial charge in [0.1, 0.15) is 12.1 Å². The largest absolute Gasteiger partial charge is 0.361 e. The molecule has 8 nitrogen and oxygen atoms in total. The average molecular weight is 378 g/mol. The lowest BCUT2D eigenvalue weighted by Crippen LogP contribution is -2.36. The minimum atomic E-state index is -0.00124. The Hall–Kier alpha value is -3.16. The highest BCUT2D eigenvalue weighted by atomic mass is 16.5. The molecule has 1 atom stereocenters. The van der Waals surface area contributed by atoms with Crippen LogP contribution < -0.4 is 0 Å². The molecule has 0 N–H and O–H groups in total. The summed E-state index contributed by atoms with van der Waals surface area (Å²) in [5, 5.41) is 3.99. The topological polar surface area (TPSA) is 97.9 Å². The second-order valence-electron chi connectivity index (χ2n) is 7.06. The molecular formula is C20H22N6O2. The highest BCUT2D eigenvalue weighted by Crippen LogP contribution is 2.26. The quantitative estimate of drug-likeness (QED) is 0.673. The molecule has 0 saturated carbocycles. The molecule has 28 heavy (non-hydrogen) atoms. The Kier molecular flexibility index (Phi) is 5.10. The van der Waals surface area contributed by atoms with E-state index in [2.05, 4.69) is 20.1 Å². The van der Waals surface area contributed by atoms with Gasteiger partial charge in [0.25, 0.3) is 5.91 Å². The maximum atomic E-state index is 12.8. The minimum Gasteiger partial charge on any atom is -0.361 e. The number of hydrogen-bond donors (Lipinski definition) is 0. The van der Waals surface area contributed by atoms with Gasteiger partial charge in [-0.2, -0.15) is 0 Å². The predicted octanol–water partition coefficient (Wildman–Crippen LogP) is 2.78. The van der Waals surface area contributed by atoms with E-state index in [9.17, 15) is 4.79 Å². The maximum Gasteiger partial charge on any atom is 0.257 e. The summed E-state index contributed by atoms with van der Waals surface area (Å²) in [5.74, 6) is 0.736. The summed E-state index contributed by atoms with van der Waals surface area (Å²) in [6, 6.07) is 0.192. The molecule has 4 heterocycles. The van der Waals surface area contributed by atoms with Crippen LogP contribution in [-0.2, 0) is 6.42 Å². The van der Waals surface area contributed by atoms with Crippen LogP contribution in [0.25, 0.3) is 11.3 Å². The summed E-state index contributed by atoms with van der Waals surface area (Å²) in [6.45, 7) is 4.54. The maximum absolute atomic E-state index is 12.8. The lowest BCUT2D eigenvalue weighted by Gasteiger charge is -2.24. The number of aryl methyl sites for hydroxylation is 3. The summed E-state index contributed by atoms with van der Waals surface area (Å²) >= 11 is 0. The van der Waals surface area contributed by atoms with Crippen LogP contribution in [0.3, 0.4) is 0 Å². The average Bonchev–Trinajstić information content (AvgIpc) is 3.33. The zero-order chi connectivity index (χ0) is 19.5. The number of carbonyl (C=O) groups excluding carboxylic acids is 1. The van der Waals surface area contributed by atoms with E-state index in [0.717, 1.165) is 60.6 Å². The van der Waals surface area contributed by atoms with Crippen molar-refractivity contribution < 1.29 is 9.32 Å². The number of hydrogen-bond acceptors (Lipinski definition) is 7. The molecule has 1 aliphatic heterocycles. The van der Waals surface area contributed by atoms with Crippen LogP contribution in [0.15, 0.2) is 35.6 Å². The Labute approximate surface area is 163 Å². The second kappa shape index (κ2) is 7.84. The van der Waals surface area contributed by atoms with Gasteiger partial charge < -0.3 is 9.42 Å². The molecule has 0 unspecified atom stereocenters. The van der Waals surface area contributed by atoms with Crippen molar-refractivity contribution in [3.63, 3.8) is 0 Å². The van der Waals surface area contributed by atoms with E-state index in [4.69, 9.17) is 9.51 Å². The highest BCUT2D eigenvalue weighted by Gasteiger charge is 2.29. The summed E-state index contributed by atoms with van der Waals surface area (Å²) in [7, 11) is 0. The first-order valence-electron chi connectivity index (χ1n) is 9.43. The van der Waals surface area contributed by atoms with E-state index >= 15 is 0 Å². The highest BCUT2D eigenvalue weighted by molar-refractivity contribution is 5.94. The van der Waals surface area contributed by atoms with E-state index in [0.29, 0.717) is 5.56 Å². The first-order valence-corrected chi connectivity index (χ1v) is 9.43. The van der Waals surface area contributed by atoms with E-state index < -0.39 is 0 Å². The van der Waals surface area contributed by atoms with Crippen molar-refractivity contribution in [3.8, 4) is 11.3 Å². The van der Waals surface area contributed by atoms with E-state index in [-0.39, 0.29) is 11.9 Å². The van der Waals surface area contributed by atoms with Crippen LogP contribution in [-0.4, -0.2) is 48.5 Å². The Morgan fingerprint density at radius 1 is 1.18 bits per heavy atom. The zero-order valence-corrected chi connectivity index (χ0v) is 16.0. The van der Waals surface area contributed by atoms with Gasteiger partial charge in [-0.25, -0.2) is 15.0 Å². The summed E-state index contributed by atoms with van der Waals surface area (Å²) in [5.41, 5.74) is 3.92. The van der Waals surface area contributed by atoms with Gasteiger partial charge in [0.2, 0.25) is 0 Å². The third kappa shape index (κ3) is 3.62. The lowest BCUT2D eigenvalue weighted by atomic mass is 10.1. The molecule has 0 aromatic carbocycles. The molecule has 1 fully saturated rings. The van der Waals surface area contributed by atoms with E-state index in [1.807, 2.05) is 18.7 Å². The minimum absolute atomic E-state index is 0.00124. The first kappa shape index (κ1) is 18.2. The second-order valence-corrected chi connectivity index (χ2v) is 7.06. The molecule has 3 aromatic heterocycles. The number of carbonyl (C=O) groups is 1. The molecule has 1 aliphatic rings. The number of aromatic nitrogens is 5. The van der Waals surface area contributed by atoms with Gasteiger partial charge in [-0.1, -0.05) is 5.16 Å². The summed E-state index contributed by atoms with van der Waals surface area (Å²) in [6.07, 6.45) is 11.7. The van der Waals surface area contributed by atoms with Crippen molar-refractivity contribution in [3.05, 3.63) is 53.8 Å². The van der Waals surface area contributed by atoms with E-state index in [1.165, 1.54) is 6.33 Å². The van der Waals surface area contributed by atoms with Crippen LogP contribution >= 0.6 is 0 Å². The molecule has 0 bridgehead atoms. The Bertz CT molecular complexity index is 952. The number of likely N-dealkylation sites (tertiary alicyclic amines) is 1. The van der Waals surface area contributed by atoms with Gasteiger partial charge in [0.15, 0.2) is 0 Å². The van der Waals surface area contributed by atoms with Crippen LogP contribution in [0.4, 0.5) is 0 Å². The number of nitrogens with zero attached hydrogens (tertiary/aromatic N) is 6. The van der Waals surface area contributed by atoms with Gasteiger partial charge in [0, 0.05) is 31.2 Å². The normalized spacial score (nSPS) is 16.5. The summed E-state index contributed by atoms with van der Waals surface area (Å²) in [4.78, 5) is 31.7. The SMILES string of the molecule is Cc1noc(C)c1-c1cncc(CC[C@H]2CCCN2C(=O)c2cncnc2)n1. The molecule has 8 heteroatoms. The van der Waals surface area contributed by atoms with Gasteiger partial charge in [-0.05, 0) is 39.5 Å². The van der Waals surface area contributed by atoms with Crippen molar-refractivity contribution in [2.75, 3.05) is 6.54 Å². The molecule has 0 spiro atoms. The van der Waals surface area contributed by atoms with Gasteiger partial charge >= 0.3 is 0 Å². The molecule has 1 amide bonds. The van der Waals surface area contributed by atoms with Crippen molar-refractivity contribution in [2.24, 2.45) is 0 Å². The number of amides is 1. The summed E-state index contributed by atoms with van der Waals surface area (Å²) < 4.78 is 5.24. The molecule has 4 rings (SSSR count). The van der Waals surface area contributed by atoms with Gasteiger partial charge in [0.05, 0.1) is 34.4 Å². The lowest BCUT2D eigenvalue weighted by molar-refractivity contribution is 0.0729. The third-order valence-corrected chi connectivity index (χ3v) is 5.15. The van der Waals surface area contributed by atoms with Crippen molar-refractivity contribution in [1.29, 1.82) is 0 Å². The van der Waals surface area contributed by atoms with E-state index in [1.54, 1.807) is 24.8 Å². The van der Waals surface area contributed by atoms with Gasteiger partial charge in [-0.3, -0.25) is 9.78 Å². The van der Waals surface area contributed by atoms with Crippen molar-refractivity contribution in [2.45, 2.75) is 45.6 Å². The molecular weight excluding hydrogens is 356 g/mol. The van der Waals surface area contributed by atoms with Crippen LogP contribution in [0.2, 0.25) is 0 Å². The predicted molar refractivity (Wildman–Crippen MR) is 101 cm³/mol. The molecule has 144 valence electrons. The molecule has 0 radical (unpaired) electrons. The van der Waals surface area contributed by atoms with Crippen molar-refractivity contribution >= 4 is 5.91 Å². The first-order chi connectivity index (χ1) is 13.6. The molecule has 0 aliphatic carbocycles. The van der Waals surface area contributed by atoms with Crippen molar-refractivity contribution in [1.82, 2.24) is 30.0 Å².